The van der Waals surface area contributed by atoms with Gasteiger partial charge >= 0.3 is 12.3 Å². The van der Waals surface area contributed by atoms with Gasteiger partial charge in [-0.3, -0.25) is 0 Å². The Hall–Kier alpha value is -1.74. The largest absolute Gasteiger partial charge is 0.444 e. The number of nitrogens with one attached hydrogen (secondary N) is 1. The summed E-state index contributed by atoms with van der Waals surface area (Å²) in [5.41, 5.74) is -1.33. The second-order valence-electron chi connectivity index (χ2n) is 9.20. The van der Waals surface area contributed by atoms with Crippen molar-refractivity contribution >= 4 is 23.5 Å². The maximum Gasteiger partial charge on any atom is 0.417 e. The minimum Gasteiger partial charge on any atom is -0.444 e. The Balaban J connectivity index is 1.45. The third kappa shape index (κ3) is 6.62. The van der Waals surface area contributed by atoms with Gasteiger partial charge in [-0.2, -0.15) is 13.2 Å². The molecule has 0 radical (unpaired) electrons. The zero-order valence-electron chi connectivity index (χ0n) is 18.1. The molecule has 0 aliphatic carbocycles. The summed E-state index contributed by atoms with van der Waals surface area (Å²) in [7, 11) is 0. The molecule has 0 atom stereocenters. The summed E-state index contributed by atoms with van der Waals surface area (Å²) in [4.78, 5) is 19.8. The molecule has 0 bridgehead atoms. The molecule has 31 heavy (non-hydrogen) atoms. The number of amides is 1. The van der Waals surface area contributed by atoms with Crippen LogP contribution in [0.3, 0.4) is 0 Å². The van der Waals surface area contributed by atoms with Crippen LogP contribution in [0.1, 0.15) is 52.0 Å². The number of nitrogens with zero attached hydrogens (tertiary/aromatic N) is 3. The molecule has 3 rings (SSSR count). The highest BCUT2D eigenvalue weighted by Crippen LogP contribution is 2.34. The van der Waals surface area contributed by atoms with Crippen molar-refractivity contribution in [2.24, 2.45) is 0 Å². The predicted molar refractivity (Wildman–Crippen MR) is 113 cm³/mol. The van der Waals surface area contributed by atoms with E-state index < -0.39 is 17.3 Å². The number of carbonyl (C=O) groups excluding carboxylic acids is 1. The summed E-state index contributed by atoms with van der Waals surface area (Å²) in [5.74, 6) is 0.402. The quantitative estimate of drug-likeness (QED) is 0.704. The summed E-state index contributed by atoms with van der Waals surface area (Å²) < 4.78 is 43.9. The van der Waals surface area contributed by atoms with Crippen LogP contribution in [0.5, 0.6) is 0 Å². The predicted octanol–water partition coefficient (Wildman–Crippen LogP) is 4.71. The fourth-order valence-electron chi connectivity index (χ4n) is 3.96. The second kappa shape index (κ2) is 9.40. The van der Waals surface area contributed by atoms with Gasteiger partial charge in [0.15, 0.2) is 0 Å². The first kappa shape index (κ1) is 23.9. The van der Waals surface area contributed by atoms with Crippen molar-refractivity contribution in [2.45, 2.75) is 70.3 Å². The van der Waals surface area contributed by atoms with E-state index in [0.29, 0.717) is 44.1 Å². The third-order valence-electron chi connectivity index (χ3n) is 5.56. The average Bonchev–Trinajstić information content (AvgIpc) is 2.67. The Bertz CT molecular complexity index is 769. The lowest BCUT2D eigenvalue weighted by Crippen LogP contribution is -2.51. The highest BCUT2D eigenvalue weighted by molar-refractivity contribution is 6.33. The summed E-state index contributed by atoms with van der Waals surface area (Å²) in [6.07, 6.45) is -0.441. The molecule has 0 spiro atoms. The summed E-state index contributed by atoms with van der Waals surface area (Å²) in [6.45, 7) is 8.25. The van der Waals surface area contributed by atoms with Crippen LogP contribution in [0.4, 0.5) is 23.8 Å². The Morgan fingerprint density at radius 1 is 1.10 bits per heavy atom. The molecule has 2 saturated heterocycles. The molecule has 1 aromatic rings. The lowest BCUT2D eigenvalue weighted by Gasteiger charge is -2.38. The van der Waals surface area contributed by atoms with Crippen molar-refractivity contribution in [1.29, 1.82) is 0 Å². The number of hydrogen-bond acceptors (Lipinski definition) is 5. The van der Waals surface area contributed by atoms with Gasteiger partial charge in [-0.25, -0.2) is 9.78 Å². The van der Waals surface area contributed by atoms with Crippen molar-refractivity contribution in [3.63, 3.8) is 0 Å². The van der Waals surface area contributed by atoms with E-state index in [2.05, 4.69) is 10.3 Å². The van der Waals surface area contributed by atoms with Crippen molar-refractivity contribution < 1.29 is 22.7 Å². The molecule has 0 unspecified atom stereocenters. The second-order valence-corrected chi connectivity index (χ2v) is 9.60. The number of ether oxygens (including phenoxy) is 1. The van der Waals surface area contributed by atoms with Gasteiger partial charge in [-0.1, -0.05) is 11.6 Å². The van der Waals surface area contributed by atoms with E-state index in [1.807, 2.05) is 25.7 Å². The van der Waals surface area contributed by atoms with Crippen LogP contribution in [0.25, 0.3) is 0 Å². The van der Waals surface area contributed by atoms with E-state index in [1.165, 1.54) is 0 Å². The first-order valence-corrected chi connectivity index (χ1v) is 11.0. The minimum absolute atomic E-state index is 0.0238. The average molecular weight is 463 g/mol. The number of piperidine rings is 2. The lowest BCUT2D eigenvalue weighted by molar-refractivity contribution is -0.137. The zero-order chi connectivity index (χ0) is 22.8. The number of aromatic nitrogens is 1. The van der Waals surface area contributed by atoms with Gasteiger partial charge in [0.2, 0.25) is 0 Å². The maximum absolute atomic E-state index is 12.8. The molecule has 0 saturated carbocycles. The molecule has 2 aliphatic rings. The van der Waals surface area contributed by atoms with E-state index in [1.54, 1.807) is 4.90 Å². The number of hydrogen-bond donors (Lipinski definition) is 1. The SMILES string of the molecule is CC(C)(C)OC(=O)N1CCC(NC2CCN(c3ncc(C(F)(F)F)cc3Cl)CC2)CC1. The number of anilines is 1. The topological polar surface area (TPSA) is 57.7 Å². The van der Waals surface area contributed by atoms with Crippen LogP contribution in [0.2, 0.25) is 5.02 Å². The number of carbonyl (C=O) groups is 1. The van der Waals surface area contributed by atoms with E-state index >= 15 is 0 Å². The van der Waals surface area contributed by atoms with Crippen molar-refractivity contribution in [3.8, 4) is 0 Å². The van der Waals surface area contributed by atoms with Gasteiger partial charge in [0.25, 0.3) is 0 Å². The molecule has 1 aromatic heterocycles. The van der Waals surface area contributed by atoms with Crippen LogP contribution in [0, 0.1) is 0 Å². The van der Waals surface area contributed by atoms with Crippen LogP contribution < -0.4 is 10.2 Å². The number of rotatable bonds is 3. The van der Waals surface area contributed by atoms with E-state index in [9.17, 15) is 18.0 Å². The lowest BCUT2D eigenvalue weighted by atomic mass is 9.99. The summed E-state index contributed by atoms with van der Waals surface area (Å²) in [6, 6.07) is 1.60. The fraction of sp³-hybridized carbons (Fsp3) is 0.714. The highest BCUT2D eigenvalue weighted by Gasteiger charge is 2.33. The molecule has 2 aliphatic heterocycles. The van der Waals surface area contributed by atoms with E-state index in [-0.39, 0.29) is 11.1 Å². The van der Waals surface area contributed by atoms with Crippen LogP contribution >= 0.6 is 11.6 Å². The van der Waals surface area contributed by atoms with Gasteiger partial charge in [-0.05, 0) is 52.5 Å². The van der Waals surface area contributed by atoms with Crippen molar-refractivity contribution in [1.82, 2.24) is 15.2 Å². The Labute approximate surface area is 186 Å². The fourth-order valence-corrected chi connectivity index (χ4v) is 4.25. The Morgan fingerprint density at radius 3 is 2.13 bits per heavy atom. The zero-order valence-corrected chi connectivity index (χ0v) is 18.9. The molecule has 3 heterocycles. The molecular weight excluding hydrogens is 433 g/mol. The normalized spacial score (nSPS) is 19.6. The molecule has 2 fully saturated rings. The first-order valence-electron chi connectivity index (χ1n) is 10.6. The van der Waals surface area contributed by atoms with Crippen molar-refractivity contribution in [3.05, 3.63) is 22.8 Å². The molecule has 10 heteroatoms. The molecule has 0 aromatic carbocycles. The first-order chi connectivity index (χ1) is 14.4. The third-order valence-corrected chi connectivity index (χ3v) is 5.84. The molecule has 1 N–H and O–H groups in total. The number of alkyl halides is 3. The maximum atomic E-state index is 12.8. The van der Waals surface area contributed by atoms with Gasteiger partial charge in [-0.15, -0.1) is 0 Å². The molecule has 174 valence electrons. The number of likely N-dealkylation sites (tertiary alicyclic amines) is 1. The summed E-state index contributed by atoms with van der Waals surface area (Å²) in [5, 5.41) is 3.70. The van der Waals surface area contributed by atoms with Gasteiger partial charge < -0.3 is 19.9 Å². The van der Waals surface area contributed by atoms with Crippen LogP contribution in [0.15, 0.2) is 12.3 Å². The molecule has 1 amide bonds. The van der Waals surface area contributed by atoms with Gasteiger partial charge in [0, 0.05) is 44.5 Å². The van der Waals surface area contributed by atoms with Crippen LogP contribution in [-0.2, 0) is 10.9 Å². The van der Waals surface area contributed by atoms with Gasteiger partial charge in [0.05, 0.1) is 10.6 Å². The molecule has 6 nitrogen and oxygen atoms in total. The standard InChI is InChI=1S/C21H30ClF3N4O2/c1-20(2,3)31-19(30)29-10-6-16(7-11-29)27-15-4-8-28(9-5-15)18-17(22)12-14(13-26-18)21(23,24)25/h12-13,15-16,27H,4-11H2,1-3H3. The monoisotopic (exact) mass is 462 g/mol. The van der Waals surface area contributed by atoms with Crippen LogP contribution in [-0.4, -0.2) is 59.8 Å². The number of pyridine rings is 1. The van der Waals surface area contributed by atoms with E-state index in [4.69, 9.17) is 16.3 Å². The number of halogens is 4. The van der Waals surface area contributed by atoms with E-state index in [0.717, 1.165) is 37.9 Å². The molecular formula is C21H30ClF3N4O2. The van der Waals surface area contributed by atoms with Gasteiger partial charge in [0.1, 0.15) is 11.4 Å². The smallest absolute Gasteiger partial charge is 0.417 e. The summed E-state index contributed by atoms with van der Waals surface area (Å²) >= 11 is 6.08. The Kier molecular flexibility index (Phi) is 7.25. The minimum atomic E-state index is -4.45. The Morgan fingerprint density at radius 2 is 1.65 bits per heavy atom. The van der Waals surface area contributed by atoms with Crippen molar-refractivity contribution in [2.75, 3.05) is 31.1 Å². The highest BCUT2D eigenvalue weighted by atomic mass is 35.5.